The number of para-hydroxylation sites is 2. The Kier molecular flexibility index (Phi) is 13.9. The van der Waals surface area contributed by atoms with Gasteiger partial charge in [0.15, 0.2) is 0 Å². The van der Waals surface area contributed by atoms with Crippen molar-refractivity contribution in [2.45, 2.75) is 143 Å². The molecule has 1 unspecified atom stereocenters. The van der Waals surface area contributed by atoms with Crippen molar-refractivity contribution in [2.24, 2.45) is 5.92 Å². The Morgan fingerprint density at radius 2 is 1.30 bits per heavy atom. The number of carbonyl (C=O) groups is 6. The van der Waals surface area contributed by atoms with Crippen LogP contribution in [-0.4, -0.2) is 132 Å². The van der Waals surface area contributed by atoms with Crippen molar-refractivity contribution in [3.63, 3.8) is 0 Å². The number of fused-ring (bicyclic) bond motifs is 6. The maximum Gasteiger partial charge on any atom is 0.247 e. The molecular weight excluding hydrogens is 949 g/mol. The summed E-state index contributed by atoms with van der Waals surface area (Å²) in [6.07, 6.45) is 9.65. The average Bonchev–Trinajstić information content (AvgIpc) is 4.25. The number of amides is 6. The van der Waals surface area contributed by atoms with Crippen molar-refractivity contribution in [2.75, 3.05) is 25.5 Å². The summed E-state index contributed by atoms with van der Waals surface area (Å²) in [6, 6.07) is 13.8. The van der Waals surface area contributed by atoms with Gasteiger partial charge in [-0.05, 0) is 105 Å². The van der Waals surface area contributed by atoms with Gasteiger partial charge in [0, 0.05) is 85.5 Å². The SMILES string of the molecule is CC(NS(=O)(=O)c1ccc(N(C)C)cc1)[C@@H]1NC(=O)[C@H](Cc2c[nH]c3ccccc23)NC(=O)C2(CCCC2)NC(=O)[C@H](Cc2c[nH]c3ccccc23)NC(=O)[C@@H]2C[C@@H]3CCCC[C@@H]3N2C(=O)[C@H]2CCCN2C1=O. The van der Waals surface area contributed by atoms with Gasteiger partial charge in [0.05, 0.1) is 4.90 Å². The van der Waals surface area contributed by atoms with E-state index in [1.807, 2.05) is 73.7 Å². The van der Waals surface area contributed by atoms with Crippen LogP contribution in [0.5, 0.6) is 0 Å². The summed E-state index contributed by atoms with van der Waals surface area (Å²) in [5.41, 5.74) is 2.40. The van der Waals surface area contributed by atoms with Crippen molar-refractivity contribution < 1.29 is 37.2 Å². The Hall–Kier alpha value is -6.73. The predicted molar refractivity (Wildman–Crippen MR) is 275 cm³/mol. The molecule has 3 aliphatic heterocycles. The summed E-state index contributed by atoms with van der Waals surface area (Å²) in [4.78, 5) is 103. The van der Waals surface area contributed by atoms with Gasteiger partial charge in [-0.1, -0.05) is 62.1 Å². The fourth-order valence-electron chi connectivity index (χ4n) is 12.3. The summed E-state index contributed by atoms with van der Waals surface area (Å²) >= 11 is 0. The molecule has 0 bridgehead atoms. The van der Waals surface area contributed by atoms with Crippen molar-refractivity contribution in [1.82, 2.24) is 45.8 Å². The number of hydrogen-bond acceptors (Lipinski definition) is 9. The molecule has 1 spiro atoms. The highest BCUT2D eigenvalue weighted by atomic mass is 32.2. The number of aromatic amines is 2. The molecule has 6 amide bonds. The standard InChI is InChI=1S/C54H66N10O8S/c1-32(61-73(71,72)37-22-20-36(21-23-37)62(2)3)47-52(69)63-26-12-19-45(63)51(68)64-44-18-9-4-13-33(44)29-46(64)50(67)57-43(28-35-31-56-41-17-8-6-15-39(35)41)49(66)60-54(24-10-11-25-54)53(70)58-42(48(65)59-47)27-34-30-55-40-16-7-5-14-38(34)40/h5-8,14-17,20-23,30-33,42-47,55-56,61H,4,9-13,18-19,24-29H2,1-3H3,(H,57,67)(H,58,70)(H,59,65)(H,60,66)/t32?,33-,42-,43-,44-,45+,46-,47-/m0/s1. The van der Waals surface area contributed by atoms with Crippen molar-refractivity contribution >= 4 is 73.0 Å². The molecule has 5 aromatic rings. The minimum absolute atomic E-state index is 0.0156. The lowest BCUT2D eigenvalue weighted by Crippen LogP contribution is -2.66. The molecule has 5 heterocycles. The average molecular weight is 1020 g/mol. The van der Waals surface area contributed by atoms with Crippen LogP contribution in [0.25, 0.3) is 21.8 Å². The topological polar surface area (TPSA) is 238 Å². The number of carbonyl (C=O) groups excluding carboxylic acids is 6. The lowest BCUT2D eigenvalue weighted by atomic mass is 9.84. The number of nitrogens with zero attached hydrogens (tertiary/aromatic N) is 3. The van der Waals surface area contributed by atoms with Gasteiger partial charge in [-0.15, -0.1) is 0 Å². The summed E-state index contributed by atoms with van der Waals surface area (Å²) in [6.45, 7) is 1.63. The van der Waals surface area contributed by atoms with E-state index in [4.69, 9.17) is 0 Å². The largest absolute Gasteiger partial charge is 0.378 e. The van der Waals surface area contributed by atoms with Gasteiger partial charge in [0.1, 0.15) is 35.7 Å². The Morgan fingerprint density at radius 3 is 1.95 bits per heavy atom. The van der Waals surface area contributed by atoms with E-state index in [1.165, 1.54) is 24.0 Å². The van der Waals surface area contributed by atoms with E-state index in [2.05, 4.69) is 36.0 Å². The van der Waals surface area contributed by atoms with Crippen LogP contribution in [0.15, 0.2) is 90.1 Å². The zero-order valence-corrected chi connectivity index (χ0v) is 42.4. The predicted octanol–water partition coefficient (Wildman–Crippen LogP) is 3.92. The number of sulfonamides is 1. The molecule has 3 saturated heterocycles. The molecule has 5 aliphatic rings. The first-order chi connectivity index (χ1) is 35.1. The Balaban J connectivity index is 1.06. The lowest BCUT2D eigenvalue weighted by Gasteiger charge is -2.39. The Morgan fingerprint density at radius 1 is 0.685 bits per heavy atom. The maximum absolute atomic E-state index is 15.4. The summed E-state index contributed by atoms with van der Waals surface area (Å²) in [5, 5.41) is 13.8. The number of hydrogen-bond donors (Lipinski definition) is 7. The van der Waals surface area contributed by atoms with E-state index in [9.17, 15) is 8.42 Å². The van der Waals surface area contributed by atoms with Crippen LogP contribution in [0.2, 0.25) is 0 Å². The third-order valence-corrected chi connectivity index (χ3v) is 17.8. The zero-order chi connectivity index (χ0) is 51.2. The molecule has 18 nitrogen and oxygen atoms in total. The smallest absolute Gasteiger partial charge is 0.247 e. The molecular formula is C54H66N10O8S. The van der Waals surface area contributed by atoms with Crippen molar-refractivity contribution in [3.05, 3.63) is 96.3 Å². The van der Waals surface area contributed by atoms with E-state index < -0.39 is 87.3 Å². The van der Waals surface area contributed by atoms with Crippen LogP contribution in [0.4, 0.5) is 5.69 Å². The van der Waals surface area contributed by atoms with Crippen molar-refractivity contribution in [1.29, 1.82) is 0 Å². The first-order valence-electron chi connectivity index (χ1n) is 25.9. The normalized spacial score (nSPS) is 26.6. The number of rotatable bonds is 9. The van der Waals surface area contributed by atoms with E-state index in [0.29, 0.717) is 37.7 Å². The molecule has 73 heavy (non-hydrogen) atoms. The van der Waals surface area contributed by atoms with Crippen LogP contribution in [0.3, 0.4) is 0 Å². The molecule has 2 aliphatic carbocycles. The fourth-order valence-corrected chi connectivity index (χ4v) is 13.6. The first kappa shape index (κ1) is 49.8. The zero-order valence-electron chi connectivity index (χ0n) is 41.6. The Bertz CT molecular complexity index is 3040. The monoisotopic (exact) mass is 1010 g/mol. The quantitative estimate of drug-likeness (QED) is 0.113. The highest BCUT2D eigenvalue weighted by Gasteiger charge is 2.53. The molecule has 0 radical (unpaired) electrons. The molecule has 2 saturated carbocycles. The molecule has 8 atom stereocenters. The van der Waals surface area contributed by atoms with Gasteiger partial charge in [-0.3, -0.25) is 28.8 Å². The highest BCUT2D eigenvalue weighted by Crippen LogP contribution is 2.41. The molecule has 2 aromatic heterocycles. The van der Waals surface area contributed by atoms with Gasteiger partial charge in [-0.25, -0.2) is 13.1 Å². The van der Waals surface area contributed by atoms with E-state index >= 15 is 28.8 Å². The van der Waals surface area contributed by atoms with Crippen LogP contribution >= 0.6 is 0 Å². The van der Waals surface area contributed by atoms with Gasteiger partial charge in [-0.2, -0.15) is 0 Å². The second-order valence-electron chi connectivity index (χ2n) is 21.1. The molecule has 5 fully saturated rings. The number of aromatic nitrogens is 2. The summed E-state index contributed by atoms with van der Waals surface area (Å²) in [7, 11) is -0.632. The fraction of sp³-hybridized carbons (Fsp3) is 0.481. The third kappa shape index (κ3) is 9.80. The molecule has 19 heteroatoms. The number of nitrogens with one attached hydrogen (secondary N) is 7. The molecule has 10 rings (SSSR count). The molecule has 386 valence electrons. The van der Waals surface area contributed by atoms with Gasteiger partial charge < -0.3 is 45.9 Å². The van der Waals surface area contributed by atoms with E-state index in [0.717, 1.165) is 52.3 Å². The molecule has 7 N–H and O–H groups in total. The van der Waals surface area contributed by atoms with Crippen LogP contribution in [0, 0.1) is 5.92 Å². The third-order valence-electron chi connectivity index (χ3n) is 16.2. The van der Waals surface area contributed by atoms with Crippen molar-refractivity contribution in [3.8, 4) is 0 Å². The van der Waals surface area contributed by atoms with Crippen LogP contribution in [-0.2, 0) is 51.6 Å². The van der Waals surface area contributed by atoms with Gasteiger partial charge in [0.2, 0.25) is 45.5 Å². The van der Waals surface area contributed by atoms with E-state index in [1.54, 1.807) is 23.2 Å². The minimum Gasteiger partial charge on any atom is -0.378 e. The second-order valence-corrected chi connectivity index (χ2v) is 22.8. The van der Waals surface area contributed by atoms with Crippen LogP contribution in [0.1, 0.15) is 88.7 Å². The minimum atomic E-state index is -4.30. The lowest BCUT2D eigenvalue weighted by molar-refractivity contribution is -0.150. The number of benzene rings is 3. The summed E-state index contributed by atoms with van der Waals surface area (Å²) in [5.74, 6) is -3.50. The van der Waals surface area contributed by atoms with E-state index in [-0.39, 0.29) is 55.5 Å². The molecule has 3 aromatic carbocycles. The first-order valence-corrected chi connectivity index (χ1v) is 27.4. The maximum atomic E-state index is 15.4. The highest BCUT2D eigenvalue weighted by molar-refractivity contribution is 7.89. The van der Waals surface area contributed by atoms with Crippen LogP contribution < -0.4 is 30.9 Å². The number of anilines is 1. The second kappa shape index (κ2) is 20.3. The summed E-state index contributed by atoms with van der Waals surface area (Å²) < 4.78 is 30.9. The van der Waals surface area contributed by atoms with Gasteiger partial charge >= 0.3 is 0 Å². The van der Waals surface area contributed by atoms with Gasteiger partial charge in [0.25, 0.3) is 0 Å². The Labute approximate surface area is 425 Å². The number of H-pyrrole nitrogens is 2.